The molecule has 0 radical (unpaired) electrons. The molecule has 0 saturated heterocycles. The van der Waals surface area contributed by atoms with Crippen LogP contribution in [-0.2, 0) is 6.54 Å². The summed E-state index contributed by atoms with van der Waals surface area (Å²) in [5.74, 6) is -0.270. The standard InChI is InChI=1S/C13H9Cl2N3OS/c14-10-3-1-2-9(11(10)15)12(19)16-6-8-7-18-4-5-20-13(18)17-8/h1-5,7H,6H2,(H,16,19). The maximum atomic E-state index is 12.1. The Morgan fingerprint density at radius 2 is 2.25 bits per heavy atom. The third-order valence-corrected chi connectivity index (χ3v) is 4.36. The Hall–Kier alpha value is -1.56. The third kappa shape index (κ3) is 2.52. The van der Waals surface area contributed by atoms with Crippen molar-refractivity contribution in [2.24, 2.45) is 0 Å². The van der Waals surface area contributed by atoms with Crippen molar-refractivity contribution in [3.63, 3.8) is 0 Å². The lowest BCUT2D eigenvalue weighted by molar-refractivity contribution is 0.0950. The van der Waals surface area contributed by atoms with Crippen LogP contribution in [0.15, 0.2) is 36.0 Å². The average molecular weight is 326 g/mol. The lowest BCUT2D eigenvalue weighted by Crippen LogP contribution is -2.23. The predicted octanol–water partition coefficient (Wildman–Crippen LogP) is 3.63. The second kappa shape index (κ2) is 5.44. The number of benzene rings is 1. The SMILES string of the molecule is O=C(NCc1cn2ccsc2n1)c1cccc(Cl)c1Cl. The Morgan fingerprint density at radius 3 is 3.05 bits per heavy atom. The van der Waals surface area contributed by atoms with Crippen LogP contribution in [-0.4, -0.2) is 15.3 Å². The number of thiazole rings is 1. The van der Waals surface area contributed by atoms with Crippen LogP contribution in [0.4, 0.5) is 0 Å². The van der Waals surface area contributed by atoms with Crippen LogP contribution >= 0.6 is 34.5 Å². The summed E-state index contributed by atoms with van der Waals surface area (Å²) in [6.07, 6.45) is 3.80. The molecular formula is C13H9Cl2N3OS. The van der Waals surface area contributed by atoms with Gasteiger partial charge < -0.3 is 5.32 Å². The highest BCUT2D eigenvalue weighted by atomic mass is 35.5. The number of halogens is 2. The zero-order chi connectivity index (χ0) is 14.1. The molecule has 1 aromatic carbocycles. The molecule has 0 saturated carbocycles. The van der Waals surface area contributed by atoms with E-state index in [0.29, 0.717) is 17.1 Å². The molecule has 102 valence electrons. The van der Waals surface area contributed by atoms with Crippen LogP contribution in [0.5, 0.6) is 0 Å². The van der Waals surface area contributed by atoms with Gasteiger partial charge in [0.05, 0.1) is 27.8 Å². The van der Waals surface area contributed by atoms with Crippen LogP contribution in [0, 0.1) is 0 Å². The van der Waals surface area contributed by atoms with Crippen LogP contribution in [0.25, 0.3) is 4.96 Å². The fourth-order valence-corrected chi connectivity index (χ4v) is 2.91. The van der Waals surface area contributed by atoms with Gasteiger partial charge in [0, 0.05) is 17.8 Å². The Balaban J connectivity index is 1.73. The van der Waals surface area contributed by atoms with E-state index in [1.165, 1.54) is 0 Å². The van der Waals surface area contributed by atoms with Gasteiger partial charge in [-0.2, -0.15) is 0 Å². The monoisotopic (exact) mass is 325 g/mol. The first kappa shape index (κ1) is 13.4. The maximum Gasteiger partial charge on any atom is 0.253 e. The minimum atomic E-state index is -0.270. The summed E-state index contributed by atoms with van der Waals surface area (Å²) >= 11 is 13.4. The lowest BCUT2D eigenvalue weighted by atomic mass is 10.2. The summed E-state index contributed by atoms with van der Waals surface area (Å²) in [5.41, 5.74) is 1.16. The van der Waals surface area contributed by atoms with Gasteiger partial charge in [0.25, 0.3) is 5.91 Å². The van der Waals surface area contributed by atoms with Crippen molar-refractivity contribution in [2.45, 2.75) is 6.54 Å². The van der Waals surface area contributed by atoms with E-state index in [9.17, 15) is 4.79 Å². The van der Waals surface area contributed by atoms with Gasteiger partial charge in [-0.05, 0) is 12.1 Å². The van der Waals surface area contributed by atoms with Crippen LogP contribution in [0.2, 0.25) is 10.0 Å². The number of carbonyl (C=O) groups is 1. The molecule has 0 bridgehead atoms. The topological polar surface area (TPSA) is 46.4 Å². The quantitative estimate of drug-likeness (QED) is 0.799. The van der Waals surface area contributed by atoms with Gasteiger partial charge in [0.1, 0.15) is 0 Å². The minimum absolute atomic E-state index is 0.262. The van der Waals surface area contributed by atoms with E-state index in [4.69, 9.17) is 23.2 Å². The van der Waals surface area contributed by atoms with Gasteiger partial charge in [0.15, 0.2) is 4.96 Å². The summed E-state index contributed by atoms with van der Waals surface area (Å²) in [7, 11) is 0. The molecule has 0 aliphatic rings. The lowest BCUT2D eigenvalue weighted by Gasteiger charge is -2.06. The van der Waals surface area contributed by atoms with E-state index in [2.05, 4.69) is 10.3 Å². The zero-order valence-electron chi connectivity index (χ0n) is 10.1. The van der Waals surface area contributed by atoms with Crippen LogP contribution < -0.4 is 5.32 Å². The molecule has 3 aromatic rings. The molecule has 20 heavy (non-hydrogen) atoms. The molecule has 1 N–H and O–H groups in total. The van der Waals surface area contributed by atoms with Crippen molar-refractivity contribution < 1.29 is 4.79 Å². The molecule has 0 aliphatic carbocycles. The molecule has 3 rings (SSSR count). The highest BCUT2D eigenvalue weighted by molar-refractivity contribution is 7.15. The van der Waals surface area contributed by atoms with Crippen molar-refractivity contribution in [1.82, 2.24) is 14.7 Å². The van der Waals surface area contributed by atoms with Gasteiger partial charge in [-0.1, -0.05) is 29.3 Å². The number of rotatable bonds is 3. The van der Waals surface area contributed by atoms with Gasteiger partial charge in [-0.3, -0.25) is 9.20 Å². The molecule has 0 spiro atoms. The number of hydrogen-bond acceptors (Lipinski definition) is 3. The van der Waals surface area contributed by atoms with Gasteiger partial charge in [-0.15, -0.1) is 11.3 Å². The van der Waals surface area contributed by atoms with E-state index >= 15 is 0 Å². The molecule has 7 heteroatoms. The Labute approximate surface area is 129 Å². The molecule has 2 heterocycles. The number of hydrogen-bond donors (Lipinski definition) is 1. The molecule has 0 fully saturated rings. The van der Waals surface area contributed by atoms with Crippen molar-refractivity contribution in [1.29, 1.82) is 0 Å². The van der Waals surface area contributed by atoms with E-state index in [1.54, 1.807) is 29.5 Å². The molecule has 0 aliphatic heterocycles. The Kier molecular flexibility index (Phi) is 3.65. The highest BCUT2D eigenvalue weighted by Crippen LogP contribution is 2.25. The second-order valence-electron chi connectivity index (χ2n) is 4.11. The first-order valence-electron chi connectivity index (χ1n) is 5.78. The zero-order valence-corrected chi connectivity index (χ0v) is 12.5. The minimum Gasteiger partial charge on any atom is -0.346 e. The maximum absolute atomic E-state index is 12.1. The predicted molar refractivity (Wildman–Crippen MR) is 80.7 cm³/mol. The van der Waals surface area contributed by atoms with Crippen LogP contribution in [0.3, 0.4) is 0 Å². The smallest absolute Gasteiger partial charge is 0.253 e. The van der Waals surface area contributed by atoms with Crippen molar-refractivity contribution in [3.8, 4) is 0 Å². The van der Waals surface area contributed by atoms with Crippen LogP contribution in [0.1, 0.15) is 16.1 Å². The highest BCUT2D eigenvalue weighted by Gasteiger charge is 2.12. The first-order chi connectivity index (χ1) is 9.65. The second-order valence-corrected chi connectivity index (χ2v) is 5.77. The Bertz CT molecular complexity index is 752. The largest absolute Gasteiger partial charge is 0.346 e. The summed E-state index contributed by atoms with van der Waals surface area (Å²) < 4.78 is 1.92. The fourth-order valence-electron chi connectivity index (χ4n) is 1.81. The number of imidazole rings is 1. The summed E-state index contributed by atoms with van der Waals surface area (Å²) in [4.78, 5) is 17.3. The van der Waals surface area contributed by atoms with E-state index in [1.807, 2.05) is 22.2 Å². The number of nitrogens with zero attached hydrogens (tertiary/aromatic N) is 2. The molecule has 1 amide bonds. The molecular weight excluding hydrogens is 317 g/mol. The summed E-state index contributed by atoms with van der Waals surface area (Å²) in [6.45, 7) is 0.343. The summed E-state index contributed by atoms with van der Waals surface area (Å²) in [6, 6.07) is 4.97. The third-order valence-electron chi connectivity index (χ3n) is 2.77. The van der Waals surface area contributed by atoms with Crippen molar-refractivity contribution >= 4 is 45.4 Å². The average Bonchev–Trinajstić information content (AvgIpc) is 3.00. The Morgan fingerprint density at radius 1 is 1.40 bits per heavy atom. The van der Waals surface area contributed by atoms with Crippen molar-refractivity contribution in [3.05, 3.63) is 57.3 Å². The number of amides is 1. The van der Waals surface area contributed by atoms with Gasteiger partial charge >= 0.3 is 0 Å². The molecule has 2 aromatic heterocycles. The number of carbonyl (C=O) groups excluding carboxylic acids is 1. The fraction of sp³-hybridized carbons (Fsp3) is 0.0769. The van der Waals surface area contributed by atoms with Gasteiger partial charge in [-0.25, -0.2) is 4.98 Å². The van der Waals surface area contributed by atoms with Gasteiger partial charge in [0.2, 0.25) is 0 Å². The van der Waals surface area contributed by atoms with Crippen molar-refractivity contribution in [2.75, 3.05) is 0 Å². The normalized spacial score (nSPS) is 10.9. The van der Waals surface area contributed by atoms with E-state index in [0.717, 1.165) is 10.7 Å². The van der Waals surface area contributed by atoms with E-state index < -0.39 is 0 Å². The first-order valence-corrected chi connectivity index (χ1v) is 7.42. The number of nitrogens with one attached hydrogen (secondary N) is 1. The number of fused-ring (bicyclic) bond motifs is 1. The summed E-state index contributed by atoms with van der Waals surface area (Å²) in [5, 5.41) is 5.36. The van der Waals surface area contributed by atoms with E-state index in [-0.39, 0.29) is 10.9 Å². The molecule has 4 nitrogen and oxygen atoms in total. The molecule has 0 unspecified atom stereocenters. The number of aromatic nitrogens is 2. The molecule has 0 atom stereocenters.